The van der Waals surface area contributed by atoms with Crippen LogP contribution in [0.25, 0.3) is 22.3 Å². The van der Waals surface area contributed by atoms with E-state index in [4.69, 9.17) is 28.1 Å². The van der Waals surface area contributed by atoms with Crippen LogP contribution in [-0.4, -0.2) is 31.0 Å². The van der Waals surface area contributed by atoms with Crippen molar-refractivity contribution in [3.8, 4) is 40.1 Å². The van der Waals surface area contributed by atoms with Crippen molar-refractivity contribution in [3.05, 3.63) is 40.6 Å². The lowest BCUT2D eigenvalue weighted by Gasteiger charge is -2.14. The van der Waals surface area contributed by atoms with Crippen LogP contribution in [-0.2, 0) is 19.2 Å². The Morgan fingerprint density at radius 1 is 0.714 bits per heavy atom. The third-order valence-corrected chi connectivity index (χ3v) is 4.33. The Kier molecular flexibility index (Phi) is 7.19. The van der Waals surface area contributed by atoms with Crippen molar-refractivity contribution in [2.75, 3.05) is 7.11 Å². The van der Waals surface area contributed by atoms with E-state index in [-0.39, 0.29) is 45.3 Å². The highest BCUT2D eigenvalue weighted by atomic mass is 16.6. The van der Waals surface area contributed by atoms with Crippen molar-refractivity contribution < 1.29 is 47.3 Å². The molecule has 0 saturated heterocycles. The Labute approximate surface area is 198 Å². The van der Waals surface area contributed by atoms with Gasteiger partial charge in [-0.25, -0.2) is 0 Å². The molecular formula is C24H20O11. The molecular weight excluding hydrogens is 464 g/mol. The second kappa shape index (κ2) is 10.1. The molecule has 0 fully saturated rings. The van der Waals surface area contributed by atoms with Crippen LogP contribution in [0.3, 0.4) is 0 Å². The highest BCUT2D eigenvalue weighted by Crippen LogP contribution is 2.39. The van der Waals surface area contributed by atoms with Crippen LogP contribution in [0.15, 0.2) is 39.5 Å². The number of rotatable bonds is 6. The average Bonchev–Trinajstić information content (AvgIpc) is 2.74. The summed E-state index contributed by atoms with van der Waals surface area (Å²) in [5.74, 6) is -3.59. The van der Waals surface area contributed by atoms with Crippen molar-refractivity contribution in [3.63, 3.8) is 0 Å². The first-order valence-electron chi connectivity index (χ1n) is 10.1. The molecule has 35 heavy (non-hydrogen) atoms. The third kappa shape index (κ3) is 5.64. The second-order valence-corrected chi connectivity index (χ2v) is 7.12. The van der Waals surface area contributed by atoms with Gasteiger partial charge in [0.25, 0.3) is 0 Å². The Morgan fingerprint density at radius 3 is 1.89 bits per heavy atom. The van der Waals surface area contributed by atoms with Gasteiger partial charge in [-0.15, -0.1) is 0 Å². The molecule has 0 aliphatic rings. The number of hydrogen-bond donors (Lipinski definition) is 0. The van der Waals surface area contributed by atoms with Crippen LogP contribution < -0.4 is 29.1 Å². The zero-order chi connectivity index (χ0) is 25.9. The molecule has 11 nitrogen and oxygen atoms in total. The van der Waals surface area contributed by atoms with Gasteiger partial charge in [-0.1, -0.05) is 0 Å². The topological polar surface area (TPSA) is 145 Å². The van der Waals surface area contributed by atoms with Crippen LogP contribution >= 0.6 is 0 Å². The fraction of sp³-hybridized carbons (Fsp3) is 0.208. The first-order chi connectivity index (χ1) is 16.5. The Balaban J connectivity index is 2.35. The minimum Gasteiger partial charge on any atom is -0.496 e. The molecule has 182 valence electrons. The highest BCUT2D eigenvalue weighted by molar-refractivity contribution is 5.90. The molecule has 3 aromatic rings. The first-order valence-corrected chi connectivity index (χ1v) is 10.1. The van der Waals surface area contributed by atoms with Crippen LogP contribution in [0.5, 0.6) is 28.7 Å². The Bertz CT molecular complexity index is 1420. The molecule has 2 aromatic carbocycles. The van der Waals surface area contributed by atoms with Gasteiger partial charge in [-0.05, 0) is 18.2 Å². The molecule has 0 aliphatic heterocycles. The van der Waals surface area contributed by atoms with Gasteiger partial charge >= 0.3 is 23.9 Å². The lowest BCUT2D eigenvalue weighted by molar-refractivity contribution is -0.134. The zero-order valence-corrected chi connectivity index (χ0v) is 19.4. The first kappa shape index (κ1) is 25.0. The third-order valence-electron chi connectivity index (χ3n) is 4.33. The maximum atomic E-state index is 13.4. The van der Waals surface area contributed by atoms with E-state index in [9.17, 15) is 24.0 Å². The fourth-order valence-electron chi connectivity index (χ4n) is 3.18. The van der Waals surface area contributed by atoms with Crippen molar-refractivity contribution in [1.29, 1.82) is 0 Å². The van der Waals surface area contributed by atoms with Crippen molar-refractivity contribution in [2.45, 2.75) is 27.7 Å². The number of carbonyl (C=O) groups is 4. The molecule has 0 radical (unpaired) electrons. The Hall–Kier alpha value is -4.67. The second-order valence-electron chi connectivity index (χ2n) is 7.12. The average molecular weight is 484 g/mol. The standard InChI is InChI=1S/C24H20O11/c1-11(25)31-16-9-19(30-5)21-20(10-16)35-23(24(22(21)29)34-14(4)28)15-6-7-17(32-12(2)26)18(8-15)33-13(3)27/h6-10H,1-5H3. The van der Waals surface area contributed by atoms with Gasteiger partial charge < -0.3 is 28.1 Å². The smallest absolute Gasteiger partial charge is 0.308 e. The van der Waals surface area contributed by atoms with Crippen molar-refractivity contribution in [1.82, 2.24) is 0 Å². The minimum atomic E-state index is -0.801. The summed E-state index contributed by atoms with van der Waals surface area (Å²) in [6, 6.07) is 6.58. The Morgan fingerprint density at radius 2 is 1.31 bits per heavy atom. The molecule has 1 aromatic heterocycles. The molecule has 0 saturated carbocycles. The molecule has 1 heterocycles. The van der Waals surface area contributed by atoms with Crippen molar-refractivity contribution in [2.24, 2.45) is 0 Å². The molecule has 3 rings (SSSR count). The number of esters is 4. The molecule has 0 N–H and O–H groups in total. The SMILES string of the molecule is COc1cc(OC(C)=O)cc2oc(-c3ccc(OC(C)=O)c(OC(C)=O)c3)c(OC(C)=O)c(=O)c12. The predicted octanol–water partition coefficient (Wildman–Crippen LogP) is 3.17. The quantitative estimate of drug-likeness (QED) is 0.376. The van der Waals surface area contributed by atoms with E-state index in [1.165, 1.54) is 51.3 Å². The summed E-state index contributed by atoms with van der Waals surface area (Å²) in [4.78, 5) is 59.6. The normalized spacial score (nSPS) is 10.4. The van der Waals surface area contributed by atoms with Crippen LogP contribution in [0.2, 0.25) is 0 Å². The van der Waals surface area contributed by atoms with E-state index in [0.717, 1.165) is 13.8 Å². The monoisotopic (exact) mass is 484 g/mol. The van der Waals surface area contributed by atoms with E-state index >= 15 is 0 Å². The maximum Gasteiger partial charge on any atom is 0.308 e. The number of methoxy groups -OCH3 is 1. The predicted molar refractivity (Wildman–Crippen MR) is 120 cm³/mol. The van der Waals surface area contributed by atoms with Gasteiger partial charge in [0.2, 0.25) is 11.2 Å². The fourth-order valence-corrected chi connectivity index (χ4v) is 3.18. The van der Waals surface area contributed by atoms with Gasteiger partial charge in [0.1, 0.15) is 22.5 Å². The van der Waals surface area contributed by atoms with Gasteiger partial charge in [-0.3, -0.25) is 24.0 Å². The van der Waals surface area contributed by atoms with Crippen molar-refractivity contribution >= 4 is 34.8 Å². The van der Waals surface area contributed by atoms with Gasteiger partial charge in [0.05, 0.1) is 7.11 Å². The molecule has 0 bridgehead atoms. The minimum absolute atomic E-state index is 0.0123. The van der Waals surface area contributed by atoms with E-state index in [1.54, 1.807) is 0 Å². The molecule has 0 atom stereocenters. The summed E-state index contributed by atoms with van der Waals surface area (Å²) in [6.45, 7) is 4.61. The lowest BCUT2D eigenvalue weighted by atomic mass is 10.1. The number of fused-ring (bicyclic) bond motifs is 1. The van der Waals surface area contributed by atoms with E-state index in [2.05, 4.69) is 0 Å². The number of ether oxygens (including phenoxy) is 5. The molecule has 0 aliphatic carbocycles. The summed E-state index contributed by atoms with van der Waals surface area (Å²) in [5, 5.41) is -0.0693. The van der Waals surface area contributed by atoms with Gasteiger partial charge in [-0.2, -0.15) is 0 Å². The number of carbonyl (C=O) groups excluding carboxylic acids is 4. The molecule has 0 unspecified atom stereocenters. The van der Waals surface area contributed by atoms with Crippen LogP contribution in [0.1, 0.15) is 27.7 Å². The van der Waals surface area contributed by atoms with Gasteiger partial charge in [0, 0.05) is 45.4 Å². The summed E-state index contributed by atoms with van der Waals surface area (Å²) in [6.07, 6.45) is 0. The van der Waals surface area contributed by atoms with E-state index in [1.807, 2.05) is 0 Å². The number of hydrogen-bond acceptors (Lipinski definition) is 11. The molecule has 0 amide bonds. The summed E-state index contributed by atoms with van der Waals surface area (Å²) < 4.78 is 31.6. The summed E-state index contributed by atoms with van der Waals surface area (Å²) in [7, 11) is 1.30. The number of benzene rings is 2. The van der Waals surface area contributed by atoms with E-state index in [0.29, 0.717) is 0 Å². The van der Waals surface area contributed by atoms with Gasteiger partial charge in [0.15, 0.2) is 17.3 Å². The zero-order valence-electron chi connectivity index (χ0n) is 19.4. The van der Waals surface area contributed by atoms with E-state index < -0.39 is 35.1 Å². The summed E-state index contributed by atoms with van der Waals surface area (Å²) in [5.41, 5.74) is -0.653. The molecule has 0 spiro atoms. The largest absolute Gasteiger partial charge is 0.496 e. The lowest BCUT2D eigenvalue weighted by Crippen LogP contribution is -2.14. The molecule has 11 heteroatoms. The highest BCUT2D eigenvalue weighted by Gasteiger charge is 2.24. The van der Waals surface area contributed by atoms with Crippen LogP contribution in [0, 0.1) is 0 Å². The summed E-state index contributed by atoms with van der Waals surface area (Å²) >= 11 is 0. The maximum absolute atomic E-state index is 13.4. The van der Waals surface area contributed by atoms with Crippen LogP contribution in [0.4, 0.5) is 0 Å².